The van der Waals surface area contributed by atoms with Gasteiger partial charge in [-0.15, -0.1) is 0 Å². The average molecular weight is 354 g/mol. The quantitative estimate of drug-likeness (QED) is 0.831. The molecular weight excluding hydrogens is 328 g/mol. The first-order chi connectivity index (χ1) is 12.8. The number of rotatable bonds is 4. The Morgan fingerprint density at radius 2 is 1.96 bits per heavy atom. The molecular formula is C21H26N2O3. The fourth-order valence-corrected chi connectivity index (χ4v) is 3.85. The second kappa shape index (κ2) is 7.96. The van der Waals surface area contributed by atoms with Crippen LogP contribution >= 0.6 is 0 Å². The molecule has 2 aliphatic heterocycles. The molecule has 1 fully saturated rings. The van der Waals surface area contributed by atoms with E-state index in [-0.39, 0.29) is 0 Å². The van der Waals surface area contributed by atoms with Crippen molar-refractivity contribution < 1.29 is 14.2 Å². The fraction of sp³-hybridized carbons (Fsp3) is 0.476. The molecule has 0 spiro atoms. The molecule has 1 aromatic heterocycles. The zero-order valence-electron chi connectivity index (χ0n) is 15.3. The Bertz CT molecular complexity index is 736. The Kier molecular flexibility index (Phi) is 5.25. The summed E-state index contributed by atoms with van der Waals surface area (Å²) in [5, 5.41) is 0. The van der Waals surface area contributed by atoms with E-state index in [0.29, 0.717) is 19.3 Å². The number of hydrogen-bond donors (Lipinski definition) is 0. The summed E-state index contributed by atoms with van der Waals surface area (Å²) >= 11 is 0. The van der Waals surface area contributed by atoms with E-state index in [9.17, 15) is 0 Å². The minimum Gasteiger partial charge on any atom is -0.496 e. The summed E-state index contributed by atoms with van der Waals surface area (Å²) in [5.41, 5.74) is 2.29. The number of aromatic nitrogens is 1. The number of nitrogens with zero attached hydrogens (tertiary/aromatic N) is 2. The van der Waals surface area contributed by atoms with Crippen molar-refractivity contribution in [3.05, 3.63) is 47.8 Å². The van der Waals surface area contributed by atoms with Crippen LogP contribution in [0.25, 0.3) is 0 Å². The van der Waals surface area contributed by atoms with E-state index in [1.807, 2.05) is 18.3 Å². The van der Waals surface area contributed by atoms with Crippen molar-refractivity contribution in [2.75, 3.05) is 26.9 Å². The summed E-state index contributed by atoms with van der Waals surface area (Å²) < 4.78 is 17.3. The maximum atomic E-state index is 5.88. The molecule has 26 heavy (non-hydrogen) atoms. The lowest BCUT2D eigenvalue weighted by Gasteiger charge is -2.35. The number of piperidine rings is 1. The molecule has 0 amide bonds. The SMILES string of the molecule is COc1cc2c(cc1CN1CCCC[C@@H]1c1ccccn1)OCCCO2. The Hall–Kier alpha value is -2.27. The summed E-state index contributed by atoms with van der Waals surface area (Å²) in [6, 6.07) is 10.6. The highest BCUT2D eigenvalue weighted by Gasteiger charge is 2.26. The number of benzene rings is 1. The minimum atomic E-state index is 0.352. The molecule has 0 aliphatic carbocycles. The molecule has 5 heteroatoms. The number of likely N-dealkylation sites (tertiary alicyclic amines) is 1. The predicted molar refractivity (Wildman–Crippen MR) is 99.8 cm³/mol. The second-order valence-electron chi connectivity index (χ2n) is 6.90. The summed E-state index contributed by atoms with van der Waals surface area (Å²) in [5.74, 6) is 2.47. The number of fused-ring (bicyclic) bond motifs is 1. The zero-order valence-corrected chi connectivity index (χ0v) is 15.3. The molecule has 0 bridgehead atoms. The van der Waals surface area contributed by atoms with Crippen LogP contribution in [-0.4, -0.2) is 36.8 Å². The smallest absolute Gasteiger partial charge is 0.164 e. The van der Waals surface area contributed by atoms with Crippen LogP contribution in [0.1, 0.15) is 43.0 Å². The molecule has 0 unspecified atom stereocenters. The summed E-state index contributed by atoms with van der Waals surface area (Å²) in [6.45, 7) is 3.27. The van der Waals surface area contributed by atoms with Crippen LogP contribution < -0.4 is 14.2 Å². The topological polar surface area (TPSA) is 43.8 Å². The van der Waals surface area contributed by atoms with Crippen LogP contribution in [0.15, 0.2) is 36.5 Å². The largest absolute Gasteiger partial charge is 0.496 e. The number of hydrogen-bond acceptors (Lipinski definition) is 5. The predicted octanol–water partition coefficient (Wildman–Crippen LogP) is 3.98. The van der Waals surface area contributed by atoms with Crippen LogP contribution in [0, 0.1) is 0 Å². The third kappa shape index (κ3) is 3.63. The highest BCUT2D eigenvalue weighted by molar-refractivity contribution is 5.51. The van der Waals surface area contributed by atoms with Crippen LogP contribution in [0.5, 0.6) is 17.2 Å². The lowest BCUT2D eigenvalue weighted by atomic mass is 9.97. The van der Waals surface area contributed by atoms with Crippen molar-refractivity contribution in [1.82, 2.24) is 9.88 Å². The van der Waals surface area contributed by atoms with Gasteiger partial charge in [-0.05, 0) is 37.6 Å². The minimum absolute atomic E-state index is 0.352. The van der Waals surface area contributed by atoms with Gasteiger partial charge >= 0.3 is 0 Å². The third-order valence-electron chi connectivity index (χ3n) is 5.17. The maximum absolute atomic E-state index is 5.88. The van der Waals surface area contributed by atoms with Crippen molar-refractivity contribution in [2.24, 2.45) is 0 Å². The molecule has 4 rings (SSSR count). The standard InChI is InChI=1S/C21H26N2O3/c1-24-19-14-21-20(25-11-6-12-26-21)13-16(19)15-23-10-5-3-8-18(23)17-7-2-4-9-22-17/h2,4,7,9,13-14,18H,3,5-6,8,10-12,15H2,1H3/t18-/m1/s1. The highest BCUT2D eigenvalue weighted by Crippen LogP contribution is 2.39. The summed E-state index contributed by atoms with van der Waals surface area (Å²) in [6.07, 6.45) is 6.40. The van der Waals surface area contributed by atoms with Gasteiger partial charge in [-0.2, -0.15) is 0 Å². The molecule has 3 heterocycles. The Labute approximate surface area is 154 Å². The first kappa shape index (κ1) is 17.2. The summed E-state index contributed by atoms with van der Waals surface area (Å²) in [7, 11) is 1.72. The van der Waals surface area contributed by atoms with Crippen molar-refractivity contribution in [3.8, 4) is 17.2 Å². The zero-order chi connectivity index (χ0) is 17.8. The highest BCUT2D eigenvalue weighted by atomic mass is 16.5. The molecule has 1 saturated heterocycles. The molecule has 0 N–H and O–H groups in total. The Morgan fingerprint density at radius 1 is 1.12 bits per heavy atom. The van der Waals surface area contributed by atoms with E-state index < -0.39 is 0 Å². The van der Waals surface area contributed by atoms with Crippen molar-refractivity contribution in [3.63, 3.8) is 0 Å². The van der Waals surface area contributed by atoms with Gasteiger partial charge in [-0.1, -0.05) is 12.5 Å². The fourth-order valence-electron chi connectivity index (χ4n) is 3.85. The van der Waals surface area contributed by atoms with Crippen molar-refractivity contribution in [1.29, 1.82) is 0 Å². The van der Waals surface area contributed by atoms with Gasteiger partial charge in [0.05, 0.1) is 32.1 Å². The van der Waals surface area contributed by atoms with E-state index in [0.717, 1.165) is 54.4 Å². The monoisotopic (exact) mass is 354 g/mol. The third-order valence-corrected chi connectivity index (χ3v) is 5.17. The molecule has 1 atom stereocenters. The Morgan fingerprint density at radius 3 is 2.73 bits per heavy atom. The normalized spacial score (nSPS) is 20.4. The molecule has 138 valence electrons. The van der Waals surface area contributed by atoms with Gasteiger partial charge in [-0.25, -0.2) is 0 Å². The van der Waals surface area contributed by atoms with Crippen LogP contribution in [0.4, 0.5) is 0 Å². The molecule has 0 radical (unpaired) electrons. The van der Waals surface area contributed by atoms with Crippen molar-refractivity contribution >= 4 is 0 Å². The maximum Gasteiger partial charge on any atom is 0.164 e. The molecule has 0 saturated carbocycles. The summed E-state index contributed by atoms with van der Waals surface area (Å²) in [4.78, 5) is 7.11. The number of ether oxygens (including phenoxy) is 3. The van der Waals surface area contributed by atoms with E-state index in [1.165, 1.54) is 12.8 Å². The van der Waals surface area contributed by atoms with Gasteiger partial charge in [0.15, 0.2) is 11.5 Å². The van der Waals surface area contributed by atoms with Gasteiger partial charge < -0.3 is 14.2 Å². The number of pyridine rings is 1. The van der Waals surface area contributed by atoms with Crippen LogP contribution in [0.2, 0.25) is 0 Å². The second-order valence-corrected chi connectivity index (χ2v) is 6.90. The number of methoxy groups -OCH3 is 1. The van der Waals surface area contributed by atoms with E-state index in [1.54, 1.807) is 7.11 Å². The molecule has 2 aromatic rings. The molecule has 1 aromatic carbocycles. The van der Waals surface area contributed by atoms with Crippen LogP contribution in [-0.2, 0) is 6.54 Å². The molecule has 5 nitrogen and oxygen atoms in total. The van der Waals surface area contributed by atoms with Gasteiger partial charge in [0, 0.05) is 30.8 Å². The van der Waals surface area contributed by atoms with E-state index in [4.69, 9.17) is 14.2 Å². The lowest BCUT2D eigenvalue weighted by molar-refractivity contribution is 0.135. The van der Waals surface area contributed by atoms with Gasteiger partial charge in [-0.3, -0.25) is 9.88 Å². The first-order valence-electron chi connectivity index (χ1n) is 9.46. The van der Waals surface area contributed by atoms with E-state index in [2.05, 4.69) is 28.1 Å². The van der Waals surface area contributed by atoms with Gasteiger partial charge in [0.1, 0.15) is 5.75 Å². The van der Waals surface area contributed by atoms with E-state index >= 15 is 0 Å². The van der Waals surface area contributed by atoms with Gasteiger partial charge in [0.25, 0.3) is 0 Å². The van der Waals surface area contributed by atoms with Crippen LogP contribution in [0.3, 0.4) is 0 Å². The lowest BCUT2D eigenvalue weighted by Crippen LogP contribution is -2.33. The first-order valence-corrected chi connectivity index (χ1v) is 9.46. The van der Waals surface area contributed by atoms with Crippen molar-refractivity contribution in [2.45, 2.75) is 38.3 Å². The average Bonchev–Trinajstić information content (AvgIpc) is 2.93. The Balaban J connectivity index is 1.61. The molecule has 2 aliphatic rings. The van der Waals surface area contributed by atoms with Gasteiger partial charge in [0.2, 0.25) is 0 Å².